The van der Waals surface area contributed by atoms with E-state index in [0.29, 0.717) is 0 Å². The predicted octanol–water partition coefficient (Wildman–Crippen LogP) is 0.232. The third kappa shape index (κ3) is 6.36. The third-order valence-corrected chi connectivity index (χ3v) is 3.46. The first kappa shape index (κ1) is 14.9. The van der Waals surface area contributed by atoms with Crippen LogP contribution < -0.4 is 5.32 Å². The van der Waals surface area contributed by atoms with Gasteiger partial charge in [0.25, 0.3) is 0 Å². The van der Waals surface area contributed by atoms with Crippen LogP contribution in [-0.4, -0.2) is 74.4 Å². The van der Waals surface area contributed by atoms with E-state index in [1.54, 1.807) is 0 Å². The number of likely N-dealkylation sites (N-methyl/N-ethyl adjacent to an activating group) is 1. The molecular weight excluding hydrogens is 214 g/mol. The molecule has 1 heterocycles. The van der Waals surface area contributed by atoms with E-state index in [1.165, 1.54) is 39.1 Å². The molecule has 0 unspecified atom stereocenters. The number of hydrogen-bond donors (Lipinski definition) is 2. The molecule has 1 saturated heterocycles. The Balaban J connectivity index is 1.97. The van der Waals surface area contributed by atoms with Crippen LogP contribution in [0.2, 0.25) is 0 Å². The van der Waals surface area contributed by atoms with E-state index < -0.39 is 0 Å². The van der Waals surface area contributed by atoms with Crippen molar-refractivity contribution in [3.8, 4) is 0 Å². The van der Waals surface area contributed by atoms with Crippen LogP contribution in [0.4, 0.5) is 0 Å². The number of piperazine rings is 1. The first-order valence-electron chi connectivity index (χ1n) is 6.76. The molecule has 0 amide bonds. The molecule has 4 heteroatoms. The Bertz CT molecular complexity index is 201. The zero-order chi connectivity index (χ0) is 12.7. The second kappa shape index (κ2) is 7.31. The summed E-state index contributed by atoms with van der Waals surface area (Å²) in [6.45, 7) is 12.4. The lowest BCUT2D eigenvalue weighted by atomic mass is 9.95. The number of nitrogens with one attached hydrogen (secondary N) is 1. The Morgan fingerprint density at radius 1 is 1.18 bits per heavy atom. The maximum absolute atomic E-state index is 9.13. The molecule has 0 bridgehead atoms. The maximum Gasteiger partial charge on any atom is 0.0494 e. The summed E-state index contributed by atoms with van der Waals surface area (Å²) in [5.74, 6) is 0. The van der Waals surface area contributed by atoms with E-state index in [4.69, 9.17) is 5.11 Å². The van der Waals surface area contributed by atoms with Crippen LogP contribution in [0.5, 0.6) is 0 Å². The summed E-state index contributed by atoms with van der Waals surface area (Å²) in [4.78, 5) is 4.93. The number of aliphatic hydroxyl groups is 1. The van der Waals surface area contributed by atoms with Crippen molar-refractivity contribution in [3.63, 3.8) is 0 Å². The van der Waals surface area contributed by atoms with Gasteiger partial charge in [0.1, 0.15) is 0 Å². The molecule has 0 aliphatic carbocycles. The van der Waals surface area contributed by atoms with Gasteiger partial charge in [-0.05, 0) is 26.6 Å². The molecule has 0 spiro atoms. The largest absolute Gasteiger partial charge is 0.396 e. The lowest BCUT2D eigenvalue weighted by molar-refractivity contribution is 0.147. The molecule has 1 fully saturated rings. The van der Waals surface area contributed by atoms with Crippen LogP contribution in [0.1, 0.15) is 20.3 Å². The SMILES string of the molecule is CN1CCN(CCCNCC(C)(C)CO)CC1. The van der Waals surface area contributed by atoms with E-state index in [-0.39, 0.29) is 12.0 Å². The number of nitrogens with zero attached hydrogens (tertiary/aromatic N) is 2. The van der Waals surface area contributed by atoms with Crippen molar-refractivity contribution < 1.29 is 5.11 Å². The van der Waals surface area contributed by atoms with Gasteiger partial charge < -0.3 is 20.2 Å². The standard InChI is InChI=1S/C13H29N3O/c1-13(2,12-17)11-14-5-4-6-16-9-7-15(3)8-10-16/h14,17H,4-12H2,1-3H3. The highest BCUT2D eigenvalue weighted by molar-refractivity contribution is 4.71. The molecule has 0 aromatic heterocycles. The van der Waals surface area contributed by atoms with Gasteiger partial charge in [-0.3, -0.25) is 0 Å². The van der Waals surface area contributed by atoms with E-state index in [2.05, 4.69) is 36.0 Å². The van der Waals surface area contributed by atoms with Gasteiger partial charge in [-0.1, -0.05) is 13.8 Å². The van der Waals surface area contributed by atoms with Crippen molar-refractivity contribution in [2.45, 2.75) is 20.3 Å². The molecule has 0 saturated carbocycles. The number of rotatable bonds is 7. The summed E-state index contributed by atoms with van der Waals surface area (Å²) in [6.07, 6.45) is 1.20. The molecule has 1 rings (SSSR count). The van der Waals surface area contributed by atoms with Gasteiger partial charge in [-0.15, -0.1) is 0 Å². The first-order valence-corrected chi connectivity index (χ1v) is 6.76. The minimum Gasteiger partial charge on any atom is -0.396 e. The Hall–Kier alpha value is -0.160. The van der Waals surface area contributed by atoms with Crippen LogP contribution >= 0.6 is 0 Å². The summed E-state index contributed by atoms with van der Waals surface area (Å²) >= 11 is 0. The fraction of sp³-hybridized carbons (Fsp3) is 1.00. The zero-order valence-corrected chi connectivity index (χ0v) is 11.7. The van der Waals surface area contributed by atoms with Gasteiger partial charge >= 0.3 is 0 Å². The van der Waals surface area contributed by atoms with Gasteiger partial charge in [0.2, 0.25) is 0 Å². The van der Waals surface area contributed by atoms with Crippen molar-refractivity contribution in [2.24, 2.45) is 5.41 Å². The minimum absolute atomic E-state index is 0.00777. The van der Waals surface area contributed by atoms with Crippen LogP contribution in [-0.2, 0) is 0 Å². The van der Waals surface area contributed by atoms with Gasteiger partial charge in [0.15, 0.2) is 0 Å². The van der Waals surface area contributed by atoms with E-state index in [1.807, 2.05) is 0 Å². The minimum atomic E-state index is 0.00777. The second-order valence-electron chi connectivity index (χ2n) is 6.00. The second-order valence-corrected chi connectivity index (χ2v) is 6.00. The quantitative estimate of drug-likeness (QED) is 0.628. The van der Waals surface area contributed by atoms with Gasteiger partial charge in [0.05, 0.1) is 0 Å². The van der Waals surface area contributed by atoms with Crippen LogP contribution in [0.3, 0.4) is 0 Å². The fourth-order valence-electron chi connectivity index (χ4n) is 1.98. The van der Waals surface area contributed by atoms with Crippen molar-refractivity contribution in [2.75, 3.05) is 59.5 Å². The highest BCUT2D eigenvalue weighted by atomic mass is 16.3. The van der Waals surface area contributed by atoms with Crippen LogP contribution in [0, 0.1) is 5.41 Å². The molecule has 1 aliphatic rings. The van der Waals surface area contributed by atoms with Gasteiger partial charge in [-0.25, -0.2) is 0 Å². The van der Waals surface area contributed by atoms with Crippen molar-refractivity contribution in [3.05, 3.63) is 0 Å². The van der Waals surface area contributed by atoms with E-state index in [9.17, 15) is 0 Å². The molecule has 0 aromatic carbocycles. The van der Waals surface area contributed by atoms with E-state index >= 15 is 0 Å². The summed E-state index contributed by atoms with van der Waals surface area (Å²) < 4.78 is 0. The number of aliphatic hydroxyl groups excluding tert-OH is 1. The number of hydrogen-bond acceptors (Lipinski definition) is 4. The highest BCUT2D eigenvalue weighted by Crippen LogP contribution is 2.10. The molecule has 1 aliphatic heterocycles. The predicted molar refractivity (Wildman–Crippen MR) is 72.3 cm³/mol. The Morgan fingerprint density at radius 3 is 2.41 bits per heavy atom. The lowest BCUT2D eigenvalue weighted by Crippen LogP contribution is -2.45. The van der Waals surface area contributed by atoms with Gasteiger partial charge in [-0.2, -0.15) is 0 Å². The average molecular weight is 243 g/mol. The maximum atomic E-state index is 9.13. The normalized spacial score (nSPS) is 19.8. The average Bonchev–Trinajstić information content (AvgIpc) is 2.31. The summed E-state index contributed by atoms with van der Waals surface area (Å²) in [5, 5.41) is 12.6. The Morgan fingerprint density at radius 2 is 1.82 bits per heavy atom. The molecule has 102 valence electrons. The molecule has 17 heavy (non-hydrogen) atoms. The smallest absolute Gasteiger partial charge is 0.0494 e. The topological polar surface area (TPSA) is 38.7 Å². The lowest BCUT2D eigenvalue weighted by Gasteiger charge is -2.32. The van der Waals surface area contributed by atoms with Crippen molar-refractivity contribution in [1.29, 1.82) is 0 Å². The van der Waals surface area contributed by atoms with Crippen LogP contribution in [0.25, 0.3) is 0 Å². The monoisotopic (exact) mass is 243 g/mol. The van der Waals surface area contributed by atoms with Crippen molar-refractivity contribution >= 4 is 0 Å². The molecule has 0 atom stereocenters. The Labute approximate surface area is 106 Å². The molecule has 0 aromatic rings. The fourth-order valence-corrected chi connectivity index (χ4v) is 1.98. The highest BCUT2D eigenvalue weighted by Gasteiger charge is 2.16. The third-order valence-electron chi connectivity index (χ3n) is 3.46. The van der Waals surface area contributed by atoms with E-state index in [0.717, 1.165) is 13.1 Å². The molecular formula is C13H29N3O. The molecule has 2 N–H and O–H groups in total. The Kier molecular flexibility index (Phi) is 6.41. The van der Waals surface area contributed by atoms with Gasteiger partial charge in [0, 0.05) is 44.7 Å². The first-order chi connectivity index (χ1) is 8.03. The molecule has 4 nitrogen and oxygen atoms in total. The summed E-state index contributed by atoms with van der Waals surface area (Å²) in [7, 11) is 2.19. The van der Waals surface area contributed by atoms with Crippen molar-refractivity contribution in [1.82, 2.24) is 15.1 Å². The summed E-state index contributed by atoms with van der Waals surface area (Å²) in [6, 6.07) is 0. The van der Waals surface area contributed by atoms with Crippen LogP contribution in [0.15, 0.2) is 0 Å². The molecule has 0 radical (unpaired) electrons. The zero-order valence-electron chi connectivity index (χ0n) is 11.7. The summed E-state index contributed by atoms with van der Waals surface area (Å²) in [5.41, 5.74) is 0.00777.